The molecule has 1 aliphatic rings. The lowest BCUT2D eigenvalue weighted by Gasteiger charge is -2.27. The molecule has 5 rings (SSSR count). The van der Waals surface area contributed by atoms with Gasteiger partial charge in [0.15, 0.2) is 11.5 Å². The second-order valence-corrected chi connectivity index (χ2v) is 8.57. The van der Waals surface area contributed by atoms with E-state index in [1.54, 1.807) is 4.90 Å². The first-order valence-corrected chi connectivity index (χ1v) is 10.7. The number of hydrogen-bond donors (Lipinski definition) is 0. The number of carbonyl (C=O) groups excluding carboxylic acids is 1. The molecule has 1 saturated heterocycles. The molecule has 0 spiro atoms. The molecule has 1 aliphatic heterocycles. The Morgan fingerprint density at radius 2 is 1.90 bits per heavy atom. The van der Waals surface area contributed by atoms with E-state index in [0.717, 1.165) is 26.2 Å². The molecule has 4 heterocycles. The summed E-state index contributed by atoms with van der Waals surface area (Å²) in [6.45, 7) is 6.15. The normalized spacial score (nSPS) is 14.7. The largest absolute Gasteiger partial charge is 0.378 e. The molecule has 154 valence electrons. The molecular weight excluding hydrogens is 402 g/mol. The van der Waals surface area contributed by atoms with Crippen molar-refractivity contribution >= 4 is 33.1 Å². The van der Waals surface area contributed by atoms with Crippen LogP contribution in [0, 0.1) is 13.8 Å². The van der Waals surface area contributed by atoms with Crippen LogP contribution in [0.1, 0.15) is 10.4 Å². The molecule has 0 aliphatic carbocycles. The summed E-state index contributed by atoms with van der Waals surface area (Å²) < 4.78 is 8.20. The highest BCUT2D eigenvalue weighted by atomic mass is 32.1. The number of benzene rings is 1. The van der Waals surface area contributed by atoms with Crippen molar-refractivity contribution < 1.29 is 9.53 Å². The van der Waals surface area contributed by atoms with E-state index in [-0.39, 0.29) is 18.1 Å². The predicted octanol–water partition coefficient (Wildman–Crippen LogP) is 2.25. The van der Waals surface area contributed by atoms with Crippen molar-refractivity contribution in [3.05, 3.63) is 51.3 Å². The van der Waals surface area contributed by atoms with Gasteiger partial charge in [-0.15, -0.1) is 16.4 Å². The Balaban J connectivity index is 1.70. The van der Waals surface area contributed by atoms with Gasteiger partial charge in [0.25, 0.3) is 0 Å². The average Bonchev–Trinajstić information content (AvgIpc) is 3.34. The number of aromatic nitrogens is 4. The molecule has 0 unspecified atom stereocenters. The van der Waals surface area contributed by atoms with Gasteiger partial charge in [-0.1, -0.05) is 30.3 Å². The summed E-state index contributed by atoms with van der Waals surface area (Å²) in [6.07, 6.45) is 0. The van der Waals surface area contributed by atoms with E-state index in [2.05, 4.69) is 10.1 Å². The molecule has 3 aromatic heterocycles. The zero-order chi connectivity index (χ0) is 20.8. The fourth-order valence-electron chi connectivity index (χ4n) is 3.77. The molecular formula is C21H21N5O3S. The number of hydrogen-bond acceptors (Lipinski definition) is 6. The maximum atomic E-state index is 13.4. The van der Waals surface area contributed by atoms with Crippen LogP contribution in [0.3, 0.4) is 0 Å². The van der Waals surface area contributed by atoms with Crippen molar-refractivity contribution in [2.24, 2.45) is 0 Å². The number of carbonyl (C=O) groups is 1. The highest BCUT2D eigenvalue weighted by molar-refractivity contribution is 7.19. The average molecular weight is 423 g/mol. The van der Waals surface area contributed by atoms with Crippen molar-refractivity contribution in [2.45, 2.75) is 20.4 Å². The number of nitrogens with zero attached hydrogens (tertiary/aromatic N) is 5. The lowest BCUT2D eigenvalue weighted by molar-refractivity contribution is -0.135. The van der Waals surface area contributed by atoms with E-state index >= 15 is 0 Å². The van der Waals surface area contributed by atoms with Crippen molar-refractivity contribution in [2.75, 3.05) is 26.3 Å². The van der Waals surface area contributed by atoms with Crippen molar-refractivity contribution in [3.8, 4) is 11.4 Å². The molecule has 0 bridgehead atoms. The molecule has 8 nitrogen and oxygen atoms in total. The SMILES string of the molecule is Cc1sc2c(c1C)c1nc(-c3ccccc3)nn1c(=O)n2CC(=O)N1CCOCC1. The van der Waals surface area contributed by atoms with Crippen LogP contribution in [0.5, 0.6) is 0 Å². The van der Waals surface area contributed by atoms with E-state index < -0.39 is 0 Å². The fraction of sp³-hybridized carbons (Fsp3) is 0.333. The van der Waals surface area contributed by atoms with Crippen LogP contribution in [-0.4, -0.2) is 56.3 Å². The molecule has 0 N–H and O–H groups in total. The summed E-state index contributed by atoms with van der Waals surface area (Å²) in [5.74, 6) is 0.405. The van der Waals surface area contributed by atoms with Gasteiger partial charge in [0.2, 0.25) is 5.91 Å². The first-order chi connectivity index (χ1) is 14.5. The van der Waals surface area contributed by atoms with Crippen LogP contribution >= 0.6 is 11.3 Å². The third-order valence-corrected chi connectivity index (χ3v) is 6.77. The van der Waals surface area contributed by atoms with Crippen LogP contribution < -0.4 is 5.69 Å². The van der Waals surface area contributed by atoms with Crippen LogP contribution in [0.25, 0.3) is 27.3 Å². The standard InChI is InChI=1S/C21H21N5O3S/c1-13-14(2)30-20-17(13)19-22-18(15-6-4-3-5-7-15)23-26(19)21(28)25(20)12-16(27)24-8-10-29-11-9-24/h3-7H,8-12H2,1-2H3. The third-order valence-electron chi connectivity index (χ3n) is 5.54. The molecule has 1 fully saturated rings. The van der Waals surface area contributed by atoms with Gasteiger partial charge >= 0.3 is 5.69 Å². The summed E-state index contributed by atoms with van der Waals surface area (Å²) in [5, 5.41) is 5.37. The minimum absolute atomic E-state index is 0.0226. The fourth-order valence-corrected chi connectivity index (χ4v) is 4.91. The Labute approximate surface area is 176 Å². The van der Waals surface area contributed by atoms with E-state index in [9.17, 15) is 9.59 Å². The summed E-state index contributed by atoms with van der Waals surface area (Å²) in [4.78, 5) is 34.5. The molecule has 1 amide bonds. The van der Waals surface area contributed by atoms with Gasteiger partial charge in [-0.3, -0.25) is 9.36 Å². The lowest BCUT2D eigenvalue weighted by atomic mass is 10.2. The summed E-state index contributed by atoms with van der Waals surface area (Å²) in [6, 6.07) is 9.58. The number of fused-ring (bicyclic) bond motifs is 3. The predicted molar refractivity (Wildman–Crippen MR) is 115 cm³/mol. The third kappa shape index (κ3) is 3.01. The Hall–Kier alpha value is -3.04. The van der Waals surface area contributed by atoms with Gasteiger partial charge in [0.05, 0.1) is 18.6 Å². The number of ether oxygens (including phenoxy) is 1. The van der Waals surface area contributed by atoms with Gasteiger partial charge in [-0.05, 0) is 19.4 Å². The van der Waals surface area contributed by atoms with Crippen molar-refractivity contribution in [3.63, 3.8) is 0 Å². The smallest absolute Gasteiger partial charge is 0.352 e. The van der Waals surface area contributed by atoms with Crippen molar-refractivity contribution in [1.82, 2.24) is 24.1 Å². The Morgan fingerprint density at radius 3 is 2.63 bits per heavy atom. The Kier molecular flexibility index (Phi) is 4.63. The van der Waals surface area contributed by atoms with Crippen LogP contribution in [-0.2, 0) is 16.1 Å². The maximum Gasteiger partial charge on any atom is 0.352 e. The second kappa shape index (κ2) is 7.33. The summed E-state index contributed by atoms with van der Waals surface area (Å²) in [7, 11) is 0. The lowest BCUT2D eigenvalue weighted by Crippen LogP contribution is -2.44. The minimum atomic E-state index is -0.352. The molecule has 0 saturated carbocycles. The van der Waals surface area contributed by atoms with Gasteiger partial charge in [0.1, 0.15) is 11.4 Å². The molecule has 0 atom stereocenters. The number of aryl methyl sites for hydroxylation is 2. The van der Waals surface area contributed by atoms with Gasteiger partial charge in [-0.2, -0.15) is 4.52 Å². The molecule has 1 aromatic carbocycles. The second-order valence-electron chi connectivity index (χ2n) is 7.36. The number of amides is 1. The van der Waals surface area contributed by atoms with E-state index in [4.69, 9.17) is 4.74 Å². The van der Waals surface area contributed by atoms with E-state index in [1.807, 2.05) is 44.2 Å². The zero-order valence-corrected chi connectivity index (χ0v) is 17.6. The Morgan fingerprint density at radius 1 is 1.17 bits per heavy atom. The Bertz CT molecular complexity index is 1320. The summed E-state index contributed by atoms with van der Waals surface area (Å²) in [5.41, 5.74) is 2.08. The quantitative estimate of drug-likeness (QED) is 0.505. The molecule has 30 heavy (non-hydrogen) atoms. The van der Waals surface area contributed by atoms with Gasteiger partial charge in [-0.25, -0.2) is 9.78 Å². The number of morpholine rings is 1. The first-order valence-electron chi connectivity index (χ1n) is 9.85. The monoisotopic (exact) mass is 423 g/mol. The van der Waals surface area contributed by atoms with E-state index in [1.165, 1.54) is 20.4 Å². The molecule has 4 aromatic rings. The van der Waals surface area contributed by atoms with Gasteiger partial charge < -0.3 is 9.64 Å². The number of thiophene rings is 1. The minimum Gasteiger partial charge on any atom is -0.378 e. The first kappa shape index (κ1) is 19.0. The van der Waals surface area contributed by atoms with Crippen molar-refractivity contribution in [1.29, 1.82) is 0 Å². The topological polar surface area (TPSA) is 81.7 Å². The molecule has 0 radical (unpaired) electrons. The maximum absolute atomic E-state index is 13.4. The molecule has 9 heteroatoms. The van der Waals surface area contributed by atoms with Crippen LogP contribution in [0.4, 0.5) is 0 Å². The highest BCUT2D eigenvalue weighted by Crippen LogP contribution is 2.32. The van der Waals surface area contributed by atoms with Crippen LogP contribution in [0.15, 0.2) is 35.1 Å². The highest BCUT2D eigenvalue weighted by Gasteiger charge is 2.24. The zero-order valence-electron chi connectivity index (χ0n) is 16.8. The van der Waals surface area contributed by atoms with E-state index in [0.29, 0.717) is 37.8 Å². The summed E-state index contributed by atoms with van der Waals surface area (Å²) >= 11 is 1.51. The van der Waals surface area contributed by atoms with Crippen LogP contribution in [0.2, 0.25) is 0 Å². The van der Waals surface area contributed by atoms with Gasteiger partial charge in [0, 0.05) is 23.5 Å². The number of rotatable bonds is 3.